The lowest BCUT2D eigenvalue weighted by Gasteiger charge is -2.21. The molecule has 2 aliphatic heterocycles. The molecule has 1 saturated heterocycles. The van der Waals surface area contributed by atoms with Gasteiger partial charge in [0.1, 0.15) is 22.2 Å². The summed E-state index contributed by atoms with van der Waals surface area (Å²) in [6.07, 6.45) is 4.24. The number of likely N-dealkylation sites (tertiary alicyclic amines) is 1. The zero-order chi connectivity index (χ0) is 24.2. The summed E-state index contributed by atoms with van der Waals surface area (Å²) in [5.74, 6) is -0.600. The summed E-state index contributed by atoms with van der Waals surface area (Å²) < 4.78 is 10.5. The monoisotopic (exact) mass is 483 g/mol. The highest BCUT2D eigenvalue weighted by atomic mass is 35.5. The first-order valence-electron chi connectivity index (χ1n) is 11.1. The number of methoxy groups -OCH3 is 2. The van der Waals surface area contributed by atoms with Gasteiger partial charge in [0.05, 0.1) is 19.9 Å². The van der Waals surface area contributed by atoms with Crippen LogP contribution in [0, 0.1) is 0 Å². The number of imide groups is 1. The topological polar surface area (TPSA) is 88.2 Å². The van der Waals surface area contributed by atoms with Crippen molar-refractivity contribution in [1.29, 1.82) is 0 Å². The Morgan fingerprint density at radius 3 is 2.35 bits per heavy atom. The number of ether oxygens (including phenoxy) is 2. The smallest absolute Gasteiger partial charge is 0.283 e. The van der Waals surface area contributed by atoms with Crippen LogP contribution in [0.4, 0.5) is 11.4 Å². The van der Waals surface area contributed by atoms with E-state index in [9.17, 15) is 14.4 Å². The van der Waals surface area contributed by atoms with Crippen molar-refractivity contribution in [1.82, 2.24) is 4.90 Å². The molecule has 2 aromatic rings. The molecule has 34 heavy (non-hydrogen) atoms. The van der Waals surface area contributed by atoms with Crippen molar-refractivity contribution in [3.05, 3.63) is 58.8 Å². The highest BCUT2D eigenvalue weighted by Crippen LogP contribution is 2.38. The average Bonchev–Trinajstić information content (AvgIpc) is 3.06. The highest BCUT2D eigenvalue weighted by molar-refractivity contribution is 6.53. The fourth-order valence-electron chi connectivity index (χ4n) is 4.13. The minimum atomic E-state index is -0.683. The fraction of sp³-hybridized carbons (Fsp3) is 0.320. The van der Waals surface area contributed by atoms with Crippen LogP contribution in [0.15, 0.2) is 53.2 Å². The van der Waals surface area contributed by atoms with Crippen molar-refractivity contribution >= 4 is 40.7 Å². The number of hydrogen-bond acceptors (Lipinski definition) is 6. The molecule has 4 rings (SSSR count). The van der Waals surface area contributed by atoms with Crippen LogP contribution in [0.1, 0.15) is 36.0 Å². The van der Waals surface area contributed by atoms with E-state index >= 15 is 0 Å². The van der Waals surface area contributed by atoms with Crippen molar-refractivity contribution < 1.29 is 23.9 Å². The second kappa shape index (κ2) is 10.2. The molecule has 178 valence electrons. The Balaban J connectivity index is 1.58. The first kappa shape index (κ1) is 23.6. The van der Waals surface area contributed by atoms with Crippen molar-refractivity contribution in [2.75, 3.05) is 37.5 Å². The number of nitrogens with zero attached hydrogens (tertiary/aromatic N) is 2. The summed E-state index contributed by atoms with van der Waals surface area (Å²) in [5, 5.41) is 2.69. The minimum Gasteiger partial charge on any atom is -0.497 e. The molecule has 9 heteroatoms. The standard InChI is InChI=1S/C25H26ClN3O5/c1-33-18-10-11-20(34-2)19(15-18)29-24(31)21(26)22(25(29)32)27-17-9-7-8-16(14-17)23(30)28-12-5-3-4-6-13-28/h7-11,14-15,27H,3-6,12-13H2,1-2H3. The van der Waals surface area contributed by atoms with Gasteiger partial charge in [0, 0.05) is 30.4 Å². The van der Waals surface area contributed by atoms with Gasteiger partial charge in [-0.15, -0.1) is 0 Å². The maximum atomic E-state index is 13.2. The van der Waals surface area contributed by atoms with E-state index < -0.39 is 11.8 Å². The molecule has 0 aromatic heterocycles. The number of carbonyl (C=O) groups is 3. The molecule has 2 aromatic carbocycles. The van der Waals surface area contributed by atoms with Gasteiger partial charge in [0.15, 0.2) is 0 Å². The fourth-order valence-corrected chi connectivity index (χ4v) is 4.34. The molecule has 0 radical (unpaired) electrons. The second-order valence-corrected chi connectivity index (χ2v) is 8.46. The third-order valence-corrected chi connectivity index (χ3v) is 6.28. The number of halogens is 1. The van der Waals surface area contributed by atoms with Crippen LogP contribution in [0.25, 0.3) is 0 Å². The maximum Gasteiger partial charge on any atom is 0.283 e. The third-order valence-electron chi connectivity index (χ3n) is 5.93. The van der Waals surface area contributed by atoms with Crippen molar-refractivity contribution in [3.8, 4) is 11.5 Å². The molecule has 0 saturated carbocycles. The first-order chi connectivity index (χ1) is 16.4. The second-order valence-electron chi connectivity index (χ2n) is 8.08. The van der Waals surface area contributed by atoms with Crippen molar-refractivity contribution in [3.63, 3.8) is 0 Å². The lowest BCUT2D eigenvalue weighted by atomic mass is 10.1. The van der Waals surface area contributed by atoms with Crippen molar-refractivity contribution in [2.24, 2.45) is 0 Å². The van der Waals surface area contributed by atoms with Gasteiger partial charge in [0.25, 0.3) is 17.7 Å². The zero-order valence-corrected chi connectivity index (χ0v) is 19.9. The Morgan fingerprint density at radius 2 is 1.68 bits per heavy atom. The minimum absolute atomic E-state index is 0.0535. The molecule has 2 heterocycles. The van der Waals surface area contributed by atoms with E-state index in [1.807, 2.05) is 4.90 Å². The van der Waals surface area contributed by atoms with Gasteiger partial charge in [0.2, 0.25) is 0 Å². The van der Waals surface area contributed by atoms with Crippen LogP contribution in [0.3, 0.4) is 0 Å². The summed E-state index contributed by atoms with van der Waals surface area (Å²) in [5.41, 5.74) is 1.13. The highest BCUT2D eigenvalue weighted by Gasteiger charge is 2.40. The SMILES string of the molecule is COc1ccc(OC)c(N2C(=O)C(Cl)=C(Nc3cccc(C(=O)N4CCCCCC4)c3)C2=O)c1. The number of anilines is 2. The van der Waals surface area contributed by atoms with Gasteiger partial charge in [-0.25, -0.2) is 4.90 Å². The number of benzene rings is 2. The molecule has 1 N–H and O–H groups in total. The lowest BCUT2D eigenvalue weighted by molar-refractivity contribution is -0.120. The third kappa shape index (κ3) is 4.59. The van der Waals surface area contributed by atoms with E-state index in [4.69, 9.17) is 21.1 Å². The van der Waals surface area contributed by atoms with Crippen LogP contribution in [0.5, 0.6) is 11.5 Å². The zero-order valence-electron chi connectivity index (χ0n) is 19.1. The molecule has 0 aliphatic carbocycles. The molecular weight excluding hydrogens is 458 g/mol. The molecule has 2 aliphatic rings. The number of amides is 3. The summed E-state index contributed by atoms with van der Waals surface area (Å²) in [4.78, 5) is 41.9. The Kier molecular flexibility index (Phi) is 7.07. The quantitative estimate of drug-likeness (QED) is 0.621. The summed E-state index contributed by atoms with van der Waals surface area (Å²) >= 11 is 6.29. The van der Waals surface area contributed by atoms with Gasteiger partial charge < -0.3 is 19.7 Å². The molecule has 0 unspecified atom stereocenters. The first-order valence-corrected chi connectivity index (χ1v) is 11.5. The lowest BCUT2D eigenvalue weighted by Crippen LogP contribution is -2.32. The Bertz CT molecular complexity index is 1150. The van der Waals surface area contributed by atoms with Crippen LogP contribution >= 0.6 is 11.6 Å². The van der Waals surface area contributed by atoms with Gasteiger partial charge in [-0.1, -0.05) is 30.5 Å². The average molecular weight is 484 g/mol. The predicted octanol–water partition coefficient (Wildman–Crippen LogP) is 4.16. The summed E-state index contributed by atoms with van der Waals surface area (Å²) in [7, 11) is 2.93. The van der Waals surface area contributed by atoms with E-state index in [-0.39, 0.29) is 22.3 Å². The molecule has 3 amide bonds. The Hall–Kier alpha value is -3.52. The molecule has 0 spiro atoms. The molecule has 0 atom stereocenters. The number of rotatable bonds is 6. The Labute approximate surface area is 203 Å². The number of carbonyl (C=O) groups excluding carboxylic acids is 3. The van der Waals surface area contributed by atoms with Crippen molar-refractivity contribution in [2.45, 2.75) is 25.7 Å². The van der Waals surface area contributed by atoms with Crippen LogP contribution < -0.4 is 19.7 Å². The van der Waals surface area contributed by atoms with Crippen LogP contribution in [0.2, 0.25) is 0 Å². The molecule has 0 bridgehead atoms. The van der Waals surface area contributed by atoms with E-state index in [1.165, 1.54) is 20.3 Å². The van der Waals surface area contributed by atoms with E-state index in [0.29, 0.717) is 22.7 Å². The van der Waals surface area contributed by atoms with E-state index in [1.54, 1.807) is 36.4 Å². The summed E-state index contributed by atoms with van der Waals surface area (Å²) in [6, 6.07) is 11.6. The molecule has 1 fully saturated rings. The number of hydrogen-bond donors (Lipinski definition) is 1. The largest absolute Gasteiger partial charge is 0.497 e. The summed E-state index contributed by atoms with van der Waals surface area (Å²) in [6.45, 7) is 1.47. The normalized spacial score (nSPS) is 16.6. The Morgan fingerprint density at radius 1 is 0.941 bits per heavy atom. The van der Waals surface area contributed by atoms with Gasteiger partial charge in [-0.2, -0.15) is 0 Å². The maximum absolute atomic E-state index is 13.2. The van der Waals surface area contributed by atoms with Gasteiger partial charge in [-0.05, 0) is 43.2 Å². The number of nitrogens with one attached hydrogen (secondary N) is 1. The van der Waals surface area contributed by atoms with Crippen LogP contribution in [-0.4, -0.2) is 49.9 Å². The predicted molar refractivity (Wildman–Crippen MR) is 129 cm³/mol. The van der Waals surface area contributed by atoms with Gasteiger partial charge >= 0.3 is 0 Å². The van der Waals surface area contributed by atoms with Crippen LogP contribution in [-0.2, 0) is 9.59 Å². The molecule has 8 nitrogen and oxygen atoms in total. The van der Waals surface area contributed by atoms with Gasteiger partial charge in [-0.3, -0.25) is 14.4 Å². The van der Waals surface area contributed by atoms with E-state index in [2.05, 4.69) is 5.32 Å². The van der Waals surface area contributed by atoms with E-state index in [0.717, 1.165) is 43.7 Å². The molecular formula is C25H26ClN3O5.